The summed E-state index contributed by atoms with van der Waals surface area (Å²) in [5.41, 5.74) is 0.289. The van der Waals surface area contributed by atoms with E-state index in [9.17, 15) is 25.5 Å². The summed E-state index contributed by atoms with van der Waals surface area (Å²) in [5, 5.41) is 53.5. The third-order valence-electron chi connectivity index (χ3n) is 5.14. The maximum absolute atomic E-state index is 10.3. The predicted octanol–water partition coefficient (Wildman–Crippen LogP) is -2.83. The lowest BCUT2D eigenvalue weighted by atomic mass is 9.88. The second kappa shape index (κ2) is 6.06. The van der Waals surface area contributed by atoms with Crippen molar-refractivity contribution in [2.75, 3.05) is 6.61 Å². The molecule has 0 aromatic carbocycles. The Labute approximate surface area is 148 Å². The van der Waals surface area contributed by atoms with E-state index in [-0.39, 0.29) is 12.1 Å². The molecule has 0 saturated carbocycles. The molecule has 0 radical (unpaired) electrons. The Morgan fingerprint density at radius 2 is 1.73 bits per heavy atom. The third kappa shape index (κ3) is 2.66. The lowest BCUT2D eigenvalue weighted by Crippen LogP contribution is -2.65. The number of nitrogens with zero attached hydrogens (tertiary/aromatic N) is 1. The molecule has 4 heterocycles. The zero-order valence-electron chi connectivity index (χ0n) is 14.3. The van der Waals surface area contributed by atoms with E-state index in [2.05, 4.69) is 5.16 Å². The van der Waals surface area contributed by atoms with Crippen LogP contribution in [0, 0.1) is 0 Å². The second-order valence-electron chi connectivity index (χ2n) is 7.44. The van der Waals surface area contributed by atoms with E-state index < -0.39 is 67.2 Å². The van der Waals surface area contributed by atoms with Gasteiger partial charge in [-0.1, -0.05) is 5.16 Å². The van der Waals surface area contributed by atoms with Crippen LogP contribution in [-0.4, -0.2) is 98.4 Å². The number of ether oxygens (including phenoxy) is 4. The van der Waals surface area contributed by atoms with Crippen molar-refractivity contribution in [3.63, 3.8) is 0 Å². The fourth-order valence-electron chi connectivity index (χ4n) is 3.88. The van der Waals surface area contributed by atoms with E-state index in [1.165, 1.54) is 0 Å². The summed E-state index contributed by atoms with van der Waals surface area (Å²) in [6.07, 6.45) is -9.32. The molecule has 4 aliphatic heterocycles. The van der Waals surface area contributed by atoms with Crippen molar-refractivity contribution >= 4 is 5.71 Å². The minimum Gasteiger partial charge on any atom is -0.394 e. The standard InChI is InChI=1S/C15H23NO10/c1-14(2)24-10-9(22-13(21)11(10)25-14)5-3-15(26-16-5)12(20)8(19)7(18)6(4-17)23-15/h6-13,17-21H,3-4H2,1-2H3/t6-,7+,8+,9-,10+,11+,12-,13-,15-/m1/s1. The summed E-state index contributed by atoms with van der Waals surface area (Å²) in [7, 11) is 0. The molecule has 11 nitrogen and oxygen atoms in total. The van der Waals surface area contributed by atoms with E-state index in [1.54, 1.807) is 13.8 Å². The molecule has 0 aromatic rings. The van der Waals surface area contributed by atoms with Gasteiger partial charge in [-0.25, -0.2) is 0 Å². The van der Waals surface area contributed by atoms with Crippen molar-refractivity contribution in [2.24, 2.45) is 5.16 Å². The highest BCUT2D eigenvalue weighted by atomic mass is 16.8. The number of rotatable bonds is 2. The lowest BCUT2D eigenvalue weighted by Gasteiger charge is -2.44. The highest BCUT2D eigenvalue weighted by Crippen LogP contribution is 2.43. The van der Waals surface area contributed by atoms with Crippen LogP contribution < -0.4 is 0 Å². The van der Waals surface area contributed by atoms with Crippen molar-refractivity contribution in [1.29, 1.82) is 0 Å². The topological polar surface area (TPSA) is 160 Å². The van der Waals surface area contributed by atoms with Crippen LogP contribution in [0.2, 0.25) is 0 Å². The predicted molar refractivity (Wildman–Crippen MR) is 80.6 cm³/mol. The number of hydrogen-bond acceptors (Lipinski definition) is 11. The first-order valence-corrected chi connectivity index (χ1v) is 8.44. The van der Waals surface area contributed by atoms with Crippen molar-refractivity contribution in [2.45, 2.75) is 80.9 Å². The van der Waals surface area contributed by atoms with Gasteiger partial charge in [-0.05, 0) is 13.8 Å². The van der Waals surface area contributed by atoms with E-state index in [0.717, 1.165) is 0 Å². The number of fused-ring (bicyclic) bond motifs is 1. The van der Waals surface area contributed by atoms with Crippen LogP contribution in [-0.2, 0) is 23.8 Å². The molecule has 4 aliphatic rings. The SMILES string of the molecule is CC1(C)O[C@@H]2[C@H](O1)[C@H](O)O[C@@H]2C1=NO[C@@]2(C1)O[C@H](CO)[C@H](O)[C@H](O)[C@H]2O. The average molecular weight is 377 g/mol. The van der Waals surface area contributed by atoms with Gasteiger partial charge in [0.15, 0.2) is 18.2 Å². The molecule has 0 unspecified atom stereocenters. The number of aliphatic hydroxyl groups excluding tert-OH is 5. The van der Waals surface area contributed by atoms with Gasteiger partial charge < -0.3 is 49.3 Å². The summed E-state index contributed by atoms with van der Waals surface area (Å²) in [5.74, 6) is -2.68. The molecule has 0 aromatic heterocycles. The number of aliphatic hydroxyl groups is 5. The monoisotopic (exact) mass is 377 g/mol. The first-order valence-electron chi connectivity index (χ1n) is 8.44. The van der Waals surface area contributed by atoms with Crippen molar-refractivity contribution in [1.82, 2.24) is 0 Å². The van der Waals surface area contributed by atoms with Gasteiger partial charge in [0.05, 0.1) is 18.7 Å². The maximum Gasteiger partial charge on any atom is 0.271 e. The third-order valence-corrected chi connectivity index (χ3v) is 5.14. The van der Waals surface area contributed by atoms with E-state index >= 15 is 0 Å². The van der Waals surface area contributed by atoms with Crippen molar-refractivity contribution < 1.29 is 49.3 Å². The van der Waals surface area contributed by atoms with Gasteiger partial charge >= 0.3 is 0 Å². The van der Waals surface area contributed by atoms with Crippen LogP contribution in [0.25, 0.3) is 0 Å². The summed E-state index contributed by atoms with van der Waals surface area (Å²) >= 11 is 0. The molecule has 11 heteroatoms. The lowest BCUT2D eigenvalue weighted by molar-refractivity contribution is -0.355. The zero-order valence-corrected chi connectivity index (χ0v) is 14.3. The molecule has 0 aliphatic carbocycles. The van der Waals surface area contributed by atoms with Crippen LogP contribution in [0.5, 0.6) is 0 Å². The smallest absolute Gasteiger partial charge is 0.271 e. The van der Waals surface area contributed by atoms with Gasteiger partial charge in [-0.15, -0.1) is 0 Å². The van der Waals surface area contributed by atoms with Crippen LogP contribution in [0.3, 0.4) is 0 Å². The average Bonchev–Trinajstić information content (AvgIpc) is 3.23. The minimum atomic E-state index is -1.78. The molecule has 0 amide bonds. The Morgan fingerprint density at radius 1 is 1.04 bits per heavy atom. The first kappa shape index (κ1) is 18.5. The fourth-order valence-corrected chi connectivity index (χ4v) is 3.88. The Morgan fingerprint density at radius 3 is 2.42 bits per heavy atom. The van der Waals surface area contributed by atoms with Gasteiger partial charge in [0.25, 0.3) is 5.79 Å². The molecule has 5 N–H and O–H groups in total. The molecular weight excluding hydrogens is 354 g/mol. The highest BCUT2D eigenvalue weighted by molar-refractivity contribution is 5.91. The Hall–Kier alpha value is -0.890. The quantitative estimate of drug-likeness (QED) is 0.339. The summed E-state index contributed by atoms with van der Waals surface area (Å²) < 4.78 is 22.4. The van der Waals surface area contributed by atoms with Crippen LogP contribution in [0.4, 0.5) is 0 Å². The molecule has 148 valence electrons. The minimum absolute atomic E-state index is 0.112. The van der Waals surface area contributed by atoms with Gasteiger partial charge in [-0.3, -0.25) is 0 Å². The van der Waals surface area contributed by atoms with Gasteiger partial charge in [0.2, 0.25) is 0 Å². The van der Waals surface area contributed by atoms with Crippen LogP contribution >= 0.6 is 0 Å². The molecule has 1 spiro atoms. The van der Waals surface area contributed by atoms with E-state index in [4.69, 9.17) is 23.8 Å². The molecule has 3 fully saturated rings. The summed E-state index contributed by atoms with van der Waals surface area (Å²) in [6.45, 7) is 2.84. The van der Waals surface area contributed by atoms with Crippen molar-refractivity contribution in [3.8, 4) is 0 Å². The summed E-state index contributed by atoms with van der Waals surface area (Å²) in [4.78, 5) is 5.28. The van der Waals surface area contributed by atoms with Crippen molar-refractivity contribution in [3.05, 3.63) is 0 Å². The molecule has 4 rings (SSSR count). The molecular formula is C15H23NO10. The molecule has 9 atom stereocenters. The van der Waals surface area contributed by atoms with Crippen LogP contribution in [0.15, 0.2) is 5.16 Å². The fraction of sp³-hybridized carbons (Fsp3) is 0.933. The highest BCUT2D eigenvalue weighted by Gasteiger charge is 2.62. The second-order valence-corrected chi connectivity index (χ2v) is 7.44. The van der Waals surface area contributed by atoms with Gasteiger partial charge in [-0.2, -0.15) is 0 Å². The normalized spacial score (nSPS) is 52.8. The van der Waals surface area contributed by atoms with E-state index in [0.29, 0.717) is 0 Å². The number of oxime groups is 1. The number of hydrogen-bond donors (Lipinski definition) is 5. The molecule has 0 bridgehead atoms. The Kier molecular flexibility index (Phi) is 4.30. The van der Waals surface area contributed by atoms with Gasteiger partial charge in [0.1, 0.15) is 36.6 Å². The Bertz CT molecular complexity index is 597. The largest absolute Gasteiger partial charge is 0.394 e. The summed E-state index contributed by atoms with van der Waals surface area (Å²) in [6, 6.07) is 0. The van der Waals surface area contributed by atoms with Gasteiger partial charge in [0, 0.05) is 0 Å². The Balaban J connectivity index is 1.53. The van der Waals surface area contributed by atoms with E-state index in [1.807, 2.05) is 0 Å². The maximum atomic E-state index is 10.3. The molecule has 26 heavy (non-hydrogen) atoms. The first-order chi connectivity index (χ1) is 12.2. The zero-order chi connectivity index (χ0) is 18.9. The van der Waals surface area contributed by atoms with Crippen LogP contribution in [0.1, 0.15) is 20.3 Å². The molecule has 3 saturated heterocycles.